The second kappa shape index (κ2) is 3.31. The van der Waals surface area contributed by atoms with E-state index in [1.807, 2.05) is 0 Å². The lowest BCUT2D eigenvalue weighted by molar-refractivity contribution is -0.136. The van der Waals surface area contributed by atoms with Crippen molar-refractivity contribution in [2.75, 3.05) is 6.61 Å². The third-order valence-corrected chi connectivity index (χ3v) is 1.68. The van der Waals surface area contributed by atoms with Crippen molar-refractivity contribution in [2.24, 2.45) is 0 Å². The van der Waals surface area contributed by atoms with E-state index in [0.717, 1.165) is 0 Å². The number of halogens is 3. The number of rotatable bonds is 2. The third-order valence-electron chi connectivity index (χ3n) is 0.774. The molecule has 0 bridgehead atoms. The van der Waals surface area contributed by atoms with Gasteiger partial charge in [0.1, 0.15) is 0 Å². The summed E-state index contributed by atoms with van der Waals surface area (Å²) in [6.07, 6.45) is -4.81. The van der Waals surface area contributed by atoms with Gasteiger partial charge in [-0.25, -0.2) is 4.21 Å². The van der Waals surface area contributed by atoms with Crippen molar-refractivity contribution in [3.05, 3.63) is 0 Å². The van der Waals surface area contributed by atoms with Crippen LogP contribution in [0.15, 0.2) is 0 Å². The van der Waals surface area contributed by atoms with Crippen molar-refractivity contribution in [3.8, 4) is 0 Å². The Morgan fingerprint density at radius 3 is 1.90 bits per heavy atom. The number of hydrogen-bond acceptors (Lipinski definition) is 2. The van der Waals surface area contributed by atoms with E-state index in [9.17, 15) is 17.4 Å². The van der Waals surface area contributed by atoms with E-state index >= 15 is 0 Å². The minimum atomic E-state index is -4.81. The van der Waals surface area contributed by atoms with Crippen LogP contribution in [0.25, 0.3) is 0 Å². The van der Waals surface area contributed by atoms with Gasteiger partial charge < -0.3 is 9.66 Å². The van der Waals surface area contributed by atoms with E-state index in [-0.39, 0.29) is 0 Å². The van der Waals surface area contributed by atoms with Crippen LogP contribution in [-0.2, 0) is 11.1 Å². The summed E-state index contributed by atoms with van der Waals surface area (Å²) in [6.45, 7) is -1.37. The zero-order valence-electron chi connectivity index (χ0n) is 4.63. The Labute approximate surface area is 57.1 Å². The number of aliphatic hydroxyl groups is 1. The minimum absolute atomic E-state index is 1.37. The fourth-order valence-corrected chi connectivity index (χ4v) is 0.638. The van der Waals surface area contributed by atoms with Crippen LogP contribution in [0.1, 0.15) is 0 Å². The highest BCUT2D eigenvalue weighted by atomic mass is 32.2. The fraction of sp³-hybridized carbons (Fsp3) is 1.00. The van der Waals surface area contributed by atoms with E-state index in [2.05, 4.69) is 0 Å². The predicted molar refractivity (Wildman–Crippen MR) is 27.7 cm³/mol. The molecule has 0 fully saturated rings. The summed E-state index contributed by atoms with van der Waals surface area (Å²) in [5.41, 5.74) is 0. The molecular formula is C3H5F3O3S. The Morgan fingerprint density at radius 2 is 1.90 bits per heavy atom. The van der Waals surface area contributed by atoms with Crippen LogP contribution in [0.2, 0.25) is 0 Å². The van der Waals surface area contributed by atoms with Gasteiger partial charge in [0.25, 0.3) is 0 Å². The van der Waals surface area contributed by atoms with Crippen molar-refractivity contribution >= 4 is 11.1 Å². The molecule has 0 amide bonds. The molecule has 0 aliphatic rings. The van der Waals surface area contributed by atoms with Gasteiger partial charge in [-0.1, -0.05) is 0 Å². The monoisotopic (exact) mass is 178 g/mol. The van der Waals surface area contributed by atoms with Gasteiger partial charge in [0.2, 0.25) is 0 Å². The summed E-state index contributed by atoms with van der Waals surface area (Å²) in [6, 6.07) is 0. The fourth-order valence-electron chi connectivity index (χ4n) is 0.282. The molecule has 2 N–H and O–H groups in total. The lowest BCUT2D eigenvalue weighted by Gasteiger charge is -2.12. The summed E-state index contributed by atoms with van der Waals surface area (Å²) in [5.74, 6) is 0. The Morgan fingerprint density at radius 1 is 1.50 bits per heavy atom. The molecule has 0 saturated carbocycles. The molecule has 7 heteroatoms. The van der Waals surface area contributed by atoms with Crippen LogP contribution in [0.4, 0.5) is 13.2 Å². The molecule has 62 valence electrons. The maximum atomic E-state index is 11.5. The van der Waals surface area contributed by atoms with Crippen molar-refractivity contribution in [2.45, 2.75) is 11.4 Å². The van der Waals surface area contributed by atoms with Crippen molar-refractivity contribution in [1.29, 1.82) is 0 Å². The molecule has 3 nitrogen and oxygen atoms in total. The van der Waals surface area contributed by atoms with Crippen LogP contribution in [0, 0.1) is 0 Å². The van der Waals surface area contributed by atoms with Gasteiger partial charge >= 0.3 is 6.18 Å². The van der Waals surface area contributed by atoms with Crippen LogP contribution in [0.3, 0.4) is 0 Å². The maximum absolute atomic E-state index is 11.5. The molecule has 0 heterocycles. The van der Waals surface area contributed by atoms with Crippen molar-refractivity contribution < 1.29 is 27.0 Å². The van der Waals surface area contributed by atoms with E-state index in [1.165, 1.54) is 0 Å². The maximum Gasteiger partial charge on any atom is 0.407 e. The summed E-state index contributed by atoms with van der Waals surface area (Å²) >= 11 is -3.05. The normalized spacial score (nSPS) is 18.5. The highest BCUT2D eigenvalue weighted by Crippen LogP contribution is 2.22. The van der Waals surface area contributed by atoms with Crippen LogP contribution < -0.4 is 0 Å². The molecular weight excluding hydrogens is 173 g/mol. The van der Waals surface area contributed by atoms with Gasteiger partial charge in [-0.2, -0.15) is 13.2 Å². The second-order valence-electron chi connectivity index (χ2n) is 1.49. The summed E-state index contributed by atoms with van der Waals surface area (Å²) in [7, 11) is 0. The van der Waals surface area contributed by atoms with E-state index in [4.69, 9.17) is 9.66 Å². The highest BCUT2D eigenvalue weighted by Gasteiger charge is 2.43. The van der Waals surface area contributed by atoms with E-state index < -0.39 is 29.1 Å². The van der Waals surface area contributed by atoms with Crippen LogP contribution >= 0.6 is 0 Å². The molecule has 0 rings (SSSR count). The SMILES string of the molecule is O=S(O)C(CO)C(F)(F)F. The molecule has 0 saturated heterocycles. The largest absolute Gasteiger partial charge is 0.407 e. The molecule has 2 unspecified atom stereocenters. The number of hydrogen-bond donors (Lipinski definition) is 2. The molecule has 0 radical (unpaired) electrons. The predicted octanol–water partition coefficient (Wildman–Crippen LogP) is 0.131. The standard InChI is InChI=1S/C3H5F3O3S/c4-3(5,6)2(1-7)10(8)9/h2,7H,1H2,(H,8,9). The van der Waals surface area contributed by atoms with Gasteiger partial charge in [0.15, 0.2) is 16.3 Å². The molecule has 0 spiro atoms. The van der Waals surface area contributed by atoms with Gasteiger partial charge in [0.05, 0.1) is 6.61 Å². The summed E-state index contributed by atoms with van der Waals surface area (Å²) < 4.78 is 52.1. The highest BCUT2D eigenvalue weighted by molar-refractivity contribution is 7.80. The topological polar surface area (TPSA) is 57.5 Å². The summed E-state index contributed by atoms with van der Waals surface area (Å²) in [5, 5.41) is 5.41. The zero-order valence-corrected chi connectivity index (χ0v) is 5.45. The Kier molecular flexibility index (Phi) is 3.26. The molecule has 0 aromatic carbocycles. The molecule has 0 aliphatic heterocycles. The van der Waals surface area contributed by atoms with Crippen molar-refractivity contribution in [1.82, 2.24) is 0 Å². The lowest BCUT2D eigenvalue weighted by atomic mass is 10.4. The number of aliphatic hydroxyl groups excluding tert-OH is 1. The van der Waals surface area contributed by atoms with E-state index in [1.54, 1.807) is 0 Å². The average molecular weight is 178 g/mol. The van der Waals surface area contributed by atoms with Crippen LogP contribution in [-0.4, -0.2) is 31.9 Å². The lowest BCUT2D eigenvalue weighted by Crippen LogP contribution is -2.35. The van der Waals surface area contributed by atoms with Gasteiger partial charge in [-0.3, -0.25) is 0 Å². The Bertz CT molecular complexity index is 133. The first-order chi connectivity index (χ1) is 4.39. The first-order valence-electron chi connectivity index (χ1n) is 2.17. The quantitative estimate of drug-likeness (QED) is 0.591. The molecule has 0 aromatic heterocycles. The zero-order chi connectivity index (χ0) is 8.36. The Hall–Kier alpha value is -0.140. The van der Waals surface area contributed by atoms with Gasteiger partial charge in [-0.05, 0) is 0 Å². The first-order valence-corrected chi connectivity index (χ1v) is 3.33. The minimum Gasteiger partial charge on any atom is -0.395 e. The van der Waals surface area contributed by atoms with E-state index in [0.29, 0.717) is 0 Å². The van der Waals surface area contributed by atoms with Crippen molar-refractivity contribution in [3.63, 3.8) is 0 Å². The molecule has 0 aromatic rings. The van der Waals surface area contributed by atoms with Gasteiger partial charge in [-0.15, -0.1) is 0 Å². The first kappa shape index (κ1) is 9.86. The third kappa shape index (κ3) is 2.63. The molecule has 10 heavy (non-hydrogen) atoms. The average Bonchev–Trinajstić information content (AvgIpc) is 1.60. The van der Waals surface area contributed by atoms with Crippen LogP contribution in [0.5, 0.6) is 0 Å². The summed E-state index contributed by atoms with van der Waals surface area (Å²) in [4.78, 5) is 0. The molecule has 2 atom stereocenters. The second-order valence-corrected chi connectivity index (χ2v) is 2.61. The smallest absolute Gasteiger partial charge is 0.395 e. The Balaban J connectivity index is 4.22. The number of alkyl halides is 3. The van der Waals surface area contributed by atoms with Gasteiger partial charge in [0, 0.05) is 0 Å². The molecule has 0 aliphatic carbocycles.